The van der Waals surface area contributed by atoms with E-state index in [1.807, 2.05) is 12.1 Å². The van der Waals surface area contributed by atoms with Gasteiger partial charge in [-0.15, -0.1) is 0 Å². The third-order valence-corrected chi connectivity index (χ3v) is 6.83. The van der Waals surface area contributed by atoms with Crippen molar-refractivity contribution in [2.75, 3.05) is 33.9 Å². The van der Waals surface area contributed by atoms with Crippen LogP contribution >= 0.6 is 0 Å². The second-order valence-corrected chi connectivity index (χ2v) is 8.99. The number of benzene rings is 2. The Morgan fingerprint density at radius 1 is 1.14 bits per heavy atom. The van der Waals surface area contributed by atoms with Gasteiger partial charge >= 0.3 is 0 Å². The van der Waals surface area contributed by atoms with Gasteiger partial charge in [-0.1, -0.05) is 18.2 Å². The number of sulfonamides is 1. The largest absolute Gasteiger partial charge is 0.497 e. The first kappa shape index (κ1) is 21.5. The fraction of sp³-hybridized carbons (Fsp3) is 0.400. The van der Waals surface area contributed by atoms with Crippen molar-refractivity contribution in [3.63, 3.8) is 0 Å². The molecule has 0 aliphatic carbocycles. The highest BCUT2D eigenvalue weighted by molar-refractivity contribution is 7.89. The first-order valence-corrected chi connectivity index (χ1v) is 10.6. The van der Waals surface area contributed by atoms with E-state index < -0.39 is 21.7 Å². The molecular weight excluding hydrogens is 396 g/mol. The van der Waals surface area contributed by atoms with Gasteiger partial charge in [-0.2, -0.15) is 4.31 Å². The van der Waals surface area contributed by atoms with Crippen molar-refractivity contribution >= 4 is 10.0 Å². The van der Waals surface area contributed by atoms with Gasteiger partial charge in [-0.05, 0) is 29.8 Å². The predicted molar refractivity (Wildman–Crippen MR) is 107 cm³/mol. The van der Waals surface area contributed by atoms with Crippen LogP contribution in [0.2, 0.25) is 0 Å². The molecule has 2 aromatic rings. The fourth-order valence-corrected chi connectivity index (χ4v) is 4.86. The summed E-state index contributed by atoms with van der Waals surface area (Å²) in [7, 11) is -0.664. The number of rotatable bonds is 8. The van der Waals surface area contributed by atoms with Crippen molar-refractivity contribution in [3.05, 3.63) is 54.1 Å². The van der Waals surface area contributed by atoms with E-state index in [1.165, 1.54) is 12.1 Å². The summed E-state index contributed by atoms with van der Waals surface area (Å²) >= 11 is 0. The summed E-state index contributed by atoms with van der Waals surface area (Å²) in [5, 5.41) is 24.3. The van der Waals surface area contributed by atoms with E-state index in [-0.39, 0.29) is 24.5 Å². The minimum absolute atomic E-state index is 0.0223. The molecule has 29 heavy (non-hydrogen) atoms. The summed E-state index contributed by atoms with van der Waals surface area (Å²) in [6.07, 6.45) is -1.20. The Morgan fingerprint density at radius 2 is 1.76 bits per heavy atom. The van der Waals surface area contributed by atoms with Gasteiger partial charge in [-0.25, -0.2) is 8.42 Å². The van der Waals surface area contributed by atoms with Gasteiger partial charge in [0.1, 0.15) is 17.1 Å². The molecule has 0 spiro atoms. The topological polar surface area (TPSA) is 108 Å². The highest BCUT2D eigenvalue weighted by Gasteiger charge is 2.48. The van der Waals surface area contributed by atoms with Crippen molar-refractivity contribution in [2.45, 2.75) is 23.1 Å². The van der Waals surface area contributed by atoms with Crippen LogP contribution in [0.5, 0.6) is 11.5 Å². The van der Waals surface area contributed by atoms with Crippen LogP contribution in [0, 0.1) is 0 Å². The van der Waals surface area contributed by atoms with Crippen molar-refractivity contribution in [3.8, 4) is 11.5 Å². The minimum Gasteiger partial charge on any atom is -0.497 e. The Labute approximate surface area is 170 Å². The molecule has 0 saturated carbocycles. The first-order valence-electron chi connectivity index (χ1n) is 9.17. The van der Waals surface area contributed by atoms with Gasteiger partial charge in [0.25, 0.3) is 0 Å². The summed E-state index contributed by atoms with van der Waals surface area (Å²) in [5.41, 5.74) is -0.726. The molecule has 1 fully saturated rings. The lowest BCUT2D eigenvalue weighted by Gasteiger charge is -2.26. The Balaban J connectivity index is 1.66. The maximum Gasteiger partial charge on any atom is 0.243 e. The molecule has 1 heterocycles. The molecule has 3 N–H and O–H groups in total. The fourth-order valence-electron chi connectivity index (χ4n) is 3.33. The molecule has 1 saturated heterocycles. The third-order valence-electron chi connectivity index (χ3n) is 5.00. The quantitative estimate of drug-likeness (QED) is 0.571. The lowest BCUT2D eigenvalue weighted by molar-refractivity contribution is -0.0384. The number of nitrogens with one attached hydrogen (secondary N) is 1. The number of β-amino-alcohol motifs (C(OH)–C–C–N with tert-alkyl or cyclic N) is 2. The van der Waals surface area contributed by atoms with Crippen LogP contribution in [0.4, 0.5) is 0 Å². The number of hydrogen-bond acceptors (Lipinski definition) is 7. The summed E-state index contributed by atoms with van der Waals surface area (Å²) in [5.74, 6) is 1.28. The van der Waals surface area contributed by atoms with Gasteiger partial charge in [0.2, 0.25) is 10.0 Å². The van der Waals surface area contributed by atoms with Crippen LogP contribution in [0.3, 0.4) is 0 Å². The van der Waals surface area contributed by atoms with Gasteiger partial charge in [0.05, 0.1) is 25.2 Å². The van der Waals surface area contributed by atoms with Crippen LogP contribution in [0.1, 0.15) is 5.56 Å². The highest BCUT2D eigenvalue weighted by Crippen LogP contribution is 2.28. The zero-order chi connectivity index (χ0) is 21.1. The smallest absolute Gasteiger partial charge is 0.243 e. The van der Waals surface area contributed by atoms with Crippen molar-refractivity contribution in [1.82, 2.24) is 9.62 Å². The molecule has 0 radical (unpaired) electrons. The van der Waals surface area contributed by atoms with Crippen LogP contribution in [-0.4, -0.2) is 68.5 Å². The maximum atomic E-state index is 12.8. The van der Waals surface area contributed by atoms with Gasteiger partial charge < -0.3 is 25.0 Å². The lowest BCUT2D eigenvalue weighted by Crippen LogP contribution is -2.50. The molecule has 0 aromatic heterocycles. The van der Waals surface area contributed by atoms with E-state index in [0.29, 0.717) is 18.0 Å². The lowest BCUT2D eigenvalue weighted by atomic mass is 10.0. The third kappa shape index (κ3) is 4.71. The Hall–Kier alpha value is -2.17. The predicted octanol–water partition coefficient (Wildman–Crippen LogP) is 0.590. The van der Waals surface area contributed by atoms with Crippen molar-refractivity contribution in [1.29, 1.82) is 0 Å². The molecule has 0 unspecified atom stereocenters. The molecule has 158 valence electrons. The van der Waals surface area contributed by atoms with Crippen molar-refractivity contribution < 1.29 is 28.1 Å². The molecule has 1 aliphatic rings. The maximum absolute atomic E-state index is 12.8. The van der Waals surface area contributed by atoms with E-state index in [2.05, 4.69) is 5.32 Å². The second-order valence-electron chi connectivity index (χ2n) is 7.05. The van der Waals surface area contributed by atoms with Crippen molar-refractivity contribution in [2.24, 2.45) is 0 Å². The van der Waals surface area contributed by atoms with Crippen LogP contribution in [0.15, 0.2) is 53.4 Å². The summed E-state index contributed by atoms with van der Waals surface area (Å²) in [6, 6.07) is 13.4. The van der Waals surface area contributed by atoms with E-state index in [1.54, 1.807) is 38.5 Å². The van der Waals surface area contributed by atoms with Crippen LogP contribution in [-0.2, 0) is 16.6 Å². The van der Waals surface area contributed by atoms with E-state index >= 15 is 0 Å². The summed E-state index contributed by atoms with van der Waals surface area (Å²) < 4.78 is 37.1. The normalized spacial score (nSPS) is 22.6. The van der Waals surface area contributed by atoms with Crippen LogP contribution in [0.25, 0.3) is 0 Å². The number of nitrogens with zero attached hydrogens (tertiary/aromatic N) is 1. The molecule has 0 bridgehead atoms. The second kappa shape index (κ2) is 8.68. The minimum atomic E-state index is -3.79. The Bertz CT molecular complexity index is 915. The Morgan fingerprint density at radius 3 is 2.34 bits per heavy atom. The number of ether oxygens (including phenoxy) is 2. The number of methoxy groups -OCH3 is 2. The van der Waals surface area contributed by atoms with E-state index in [9.17, 15) is 18.6 Å². The molecule has 0 amide bonds. The Kier molecular flexibility index (Phi) is 6.45. The molecular formula is C20H26N2O6S. The molecule has 1 aliphatic heterocycles. The molecule has 2 atom stereocenters. The van der Waals surface area contributed by atoms with E-state index in [4.69, 9.17) is 9.47 Å². The van der Waals surface area contributed by atoms with Gasteiger partial charge in [0.15, 0.2) is 0 Å². The average molecular weight is 423 g/mol. The zero-order valence-electron chi connectivity index (χ0n) is 16.4. The van der Waals surface area contributed by atoms with Gasteiger partial charge in [0, 0.05) is 32.2 Å². The SMILES string of the molecule is COc1cc(CNC[C@]2(O)CN(S(=O)(=O)c3ccccc3)C[C@H]2O)cc(OC)c1. The first-order chi connectivity index (χ1) is 13.8. The zero-order valence-corrected chi connectivity index (χ0v) is 17.2. The molecule has 2 aromatic carbocycles. The molecule has 8 nitrogen and oxygen atoms in total. The average Bonchev–Trinajstić information content (AvgIpc) is 3.03. The molecule has 3 rings (SSSR count). The summed E-state index contributed by atoms with van der Waals surface area (Å²) in [6.45, 7) is 0.0464. The highest BCUT2D eigenvalue weighted by atomic mass is 32.2. The summed E-state index contributed by atoms with van der Waals surface area (Å²) in [4.78, 5) is 0.132. The van der Waals surface area contributed by atoms with Crippen LogP contribution < -0.4 is 14.8 Å². The number of aliphatic hydroxyl groups excluding tert-OH is 1. The van der Waals surface area contributed by atoms with Gasteiger partial charge in [-0.3, -0.25) is 0 Å². The number of aliphatic hydroxyl groups is 2. The number of hydrogen-bond donors (Lipinski definition) is 3. The standard InChI is InChI=1S/C20H26N2O6S/c1-27-16-8-15(9-17(10-16)28-2)11-21-13-20(24)14-22(12-19(20)23)29(25,26)18-6-4-3-5-7-18/h3-10,19,21,23-24H,11-14H2,1-2H3/t19-,20+/m1/s1. The van der Waals surface area contributed by atoms with E-state index in [0.717, 1.165) is 9.87 Å². The molecule has 9 heteroatoms. The monoisotopic (exact) mass is 422 g/mol.